The molecule has 0 fully saturated rings. The van der Waals surface area contributed by atoms with Crippen LogP contribution in [0.4, 0.5) is 5.69 Å². The average Bonchev–Trinajstić information content (AvgIpc) is 3.06. The van der Waals surface area contributed by atoms with Gasteiger partial charge in [0.05, 0.1) is 0 Å². The first-order chi connectivity index (χ1) is 10.6. The van der Waals surface area contributed by atoms with Gasteiger partial charge in [0, 0.05) is 36.1 Å². The van der Waals surface area contributed by atoms with Crippen molar-refractivity contribution in [2.45, 2.75) is 19.4 Å². The van der Waals surface area contributed by atoms with Gasteiger partial charge in [-0.15, -0.1) is 0 Å². The summed E-state index contributed by atoms with van der Waals surface area (Å²) < 4.78 is 2.05. The van der Waals surface area contributed by atoms with E-state index < -0.39 is 0 Å². The standard InChI is InChI=1S/C19H18N2O/c1-13-11-15-5-3-4-6-17(15)21(13)19(22)16-8-7-14-9-10-20(2)18(14)12-16/h3-10,12-13H,11H2,1-2H3. The molecule has 1 aliphatic heterocycles. The average molecular weight is 290 g/mol. The number of benzene rings is 2. The molecule has 22 heavy (non-hydrogen) atoms. The van der Waals surface area contributed by atoms with Crippen LogP contribution >= 0.6 is 0 Å². The lowest BCUT2D eigenvalue weighted by Gasteiger charge is -2.23. The number of amides is 1. The Balaban J connectivity index is 1.78. The fourth-order valence-electron chi connectivity index (χ4n) is 3.41. The number of hydrogen-bond donors (Lipinski definition) is 0. The predicted octanol–water partition coefficient (Wildman–Crippen LogP) is 3.77. The first-order valence-electron chi connectivity index (χ1n) is 7.62. The van der Waals surface area contributed by atoms with Crippen molar-refractivity contribution in [3.63, 3.8) is 0 Å². The quantitative estimate of drug-likeness (QED) is 0.669. The number of carbonyl (C=O) groups excluding carboxylic acids is 1. The van der Waals surface area contributed by atoms with Gasteiger partial charge in [-0.25, -0.2) is 0 Å². The Morgan fingerprint density at radius 2 is 1.95 bits per heavy atom. The van der Waals surface area contributed by atoms with E-state index >= 15 is 0 Å². The number of para-hydroxylation sites is 1. The van der Waals surface area contributed by atoms with Gasteiger partial charge in [-0.1, -0.05) is 24.3 Å². The molecule has 2 heterocycles. The van der Waals surface area contributed by atoms with E-state index in [9.17, 15) is 4.79 Å². The Kier molecular flexibility index (Phi) is 2.83. The molecule has 1 aliphatic rings. The third kappa shape index (κ3) is 1.86. The second kappa shape index (κ2) is 4.73. The summed E-state index contributed by atoms with van der Waals surface area (Å²) in [6, 6.07) is 16.4. The van der Waals surface area contributed by atoms with Crippen LogP contribution in [0.5, 0.6) is 0 Å². The first-order valence-corrected chi connectivity index (χ1v) is 7.62. The Labute approximate surface area is 129 Å². The summed E-state index contributed by atoms with van der Waals surface area (Å²) in [6.45, 7) is 2.11. The largest absolute Gasteiger partial charge is 0.351 e. The number of hydrogen-bond acceptors (Lipinski definition) is 1. The topological polar surface area (TPSA) is 25.2 Å². The third-order valence-corrected chi connectivity index (χ3v) is 4.56. The fourth-order valence-corrected chi connectivity index (χ4v) is 3.41. The number of anilines is 1. The predicted molar refractivity (Wildman–Crippen MR) is 89.3 cm³/mol. The van der Waals surface area contributed by atoms with Gasteiger partial charge < -0.3 is 9.47 Å². The van der Waals surface area contributed by atoms with Gasteiger partial charge in [0.1, 0.15) is 0 Å². The zero-order chi connectivity index (χ0) is 15.3. The molecular formula is C19H18N2O. The Hall–Kier alpha value is -2.55. The molecule has 1 aromatic heterocycles. The number of aryl methyl sites for hydroxylation is 1. The molecule has 3 heteroatoms. The van der Waals surface area contributed by atoms with Gasteiger partial charge in [-0.05, 0) is 48.6 Å². The van der Waals surface area contributed by atoms with Crippen molar-refractivity contribution in [3.8, 4) is 0 Å². The molecule has 2 aromatic carbocycles. The zero-order valence-electron chi connectivity index (χ0n) is 12.8. The smallest absolute Gasteiger partial charge is 0.258 e. The van der Waals surface area contributed by atoms with Crippen molar-refractivity contribution in [3.05, 3.63) is 65.9 Å². The first kappa shape index (κ1) is 13.1. The molecule has 4 rings (SSSR count). The summed E-state index contributed by atoms with van der Waals surface area (Å²) in [5.41, 5.74) is 4.14. The number of nitrogens with zero attached hydrogens (tertiary/aromatic N) is 2. The summed E-state index contributed by atoms with van der Waals surface area (Å²) in [4.78, 5) is 14.9. The highest BCUT2D eigenvalue weighted by molar-refractivity contribution is 6.09. The monoisotopic (exact) mass is 290 g/mol. The van der Waals surface area contributed by atoms with Crippen molar-refractivity contribution in [1.29, 1.82) is 0 Å². The van der Waals surface area contributed by atoms with Crippen LogP contribution < -0.4 is 4.90 Å². The van der Waals surface area contributed by atoms with Crippen LogP contribution in [-0.4, -0.2) is 16.5 Å². The Bertz CT molecular complexity index is 878. The van der Waals surface area contributed by atoms with Gasteiger partial charge >= 0.3 is 0 Å². The van der Waals surface area contributed by atoms with Gasteiger partial charge in [0.15, 0.2) is 0 Å². The Morgan fingerprint density at radius 3 is 2.82 bits per heavy atom. The summed E-state index contributed by atoms with van der Waals surface area (Å²) in [6.07, 6.45) is 2.95. The van der Waals surface area contributed by atoms with E-state index in [0.717, 1.165) is 28.6 Å². The summed E-state index contributed by atoms with van der Waals surface area (Å²) in [5, 5.41) is 1.16. The van der Waals surface area contributed by atoms with Crippen molar-refractivity contribution in [1.82, 2.24) is 4.57 Å². The van der Waals surface area contributed by atoms with Crippen LogP contribution in [0.1, 0.15) is 22.8 Å². The minimum Gasteiger partial charge on any atom is -0.351 e. The van der Waals surface area contributed by atoms with Crippen molar-refractivity contribution >= 4 is 22.5 Å². The van der Waals surface area contributed by atoms with Crippen LogP contribution in [0, 0.1) is 0 Å². The maximum Gasteiger partial charge on any atom is 0.258 e. The summed E-state index contributed by atoms with van der Waals surface area (Å²) in [5.74, 6) is 0.0838. The van der Waals surface area contributed by atoms with Crippen LogP contribution in [0.3, 0.4) is 0 Å². The van der Waals surface area contributed by atoms with Crippen molar-refractivity contribution < 1.29 is 4.79 Å². The summed E-state index contributed by atoms with van der Waals surface area (Å²) in [7, 11) is 2.00. The number of aromatic nitrogens is 1. The second-order valence-corrected chi connectivity index (χ2v) is 6.06. The molecule has 0 radical (unpaired) electrons. The highest BCUT2D eigenvalue weighted by atomic mass is 16.2. The van der Waals surface area contributed by atoms with Crippen LogP contribution in [0.15, 0.2) is 54.7 Å². The van der Waals surface area contributed by atoms with E-state index in [1.165, 1.54) is 5.56 Å². The SMILES string of the molecule is CC1Cc2ccccc2N1C(=O)c1ccc2ccn(C)c2c1. The van der Waals surface area contributed by atoms with E-state index in [-0.39, 0.29) is 11.9 Å². The molecule has 0 N–H and O–H groups in total. The summed E-state index contributed by atoms with van der Waals surface area (Å²) >= 11 is 0. The van der Waals surface area contributed by atoms with Crippen LogP contribution in [0.25, 0.3) is 10.9 Å². The van der Waals surface area contributed by atoms with Gasteiger partial charge in [0.2, 0.25) is 0 Å². The molecule has 0 spiro atoms. The van der Waals surface area contributed by atoms with Gasteiger partial charge in [-0.2, -0.15) is 0 Å². The lowest BCUT2D eigenvalue weighted by Crippen LogP contribution is -2.35. The van der Waals surface area contributed by atoms with E-state index in [2.05, 4.69) is 19.1 Å². The van der Waals surface area contributed by atoms with Crippen molar-refractivity contribution in [2.24, 2.45) is 7.05 Å². The van der Waals surface area contributed by atoms with Gasteiger partial charge in [0.25, 0.3) is 5.91 Å². The Morgan fingerprint density at radius 1 is 1.14 bits per heavy atom. The highest BCUT2D eigenvalue weighted by Crippen LogP contribution is 2.33. The fraction of sp³-hybridized carbons (Fsp3) is 0.211. The normalized spacial score (nSPS) is 17.0. The molecule has 0 aliphatic carbocycles. The van der Waals surface area contributed by atoms with E-state index in [0.29, 0.717) is 0 Å². The zero-order valence-corrected chi connectivity index (χ0v) is 12.8. The molecule has 1 atom stereocenters. The molecule has 1 unspecified atom stereocenters. The molecule has 1 amide bonds. The van der Waals surface area contributed by atoms with Crippen LogP contribution in [0.2, 0.25) is 0 Å². The maximum atomic E-state index is 13.0. The molecule has 110 valence electrons. The minimum atomic E-state index is 0.0838. The number of fused-ring (bicyclic) bond motifs is 2. The molecule has 3 aromatic rings. The maximum absolute atomic E-state index is 13.0. The second-order valence-electron chi connectivity index (χ2n) is 6.06. The van der Waals surface area contributed by atoms with E-state index in [1.54, 1.807) is 0 Å². The highest BCUT2D eigenvalue weighted by Gasteiger charge is 2.31. The lowest BCUT2D eigenvalue weighted by atomic mass is 10.1. The number of rotatable bonds is 1. The number of carbonyl (C=O) groups is 1. The van der Waals surface area contributed by atoms with Gasteiger partial charge in [-0.3, -0.25) is 4.79 Å². The molecule has 0 bridgehead atoms. The van der Waals surface area contributed by atoms with Crippen molar-refractivity contribution in [2.75, 3.05) is 4.90 Å². The minimum absolute atomic E-state index is 0.0838. The molecule has 0 saturated carbocycles. The molecule has 3 nitrogen and oxygen atoms in total. The van der Waals surface area contributed by atoms with E-state index in [4.69, 9.17) is 0 Å². The third-order valence-electron chi connectivity index (χ3n) is 4.56. The molecular weight excluding hydrogens is 272 g/mol. The lowest BCUT2D eigenvalue weighted by molar-refractivity contribution is 0.0981. The van der Waals surface area contributed by atoms with E-state index in [1.807, 2.05) is 59.1 Å². The van der Waals surface area contributed by atoms with Crippen LogP contribution in [-0.2, 0) is 13.5 Å². The molecule has 0 saturated heterocycles.